The number of alkyl halides is 1. The summed E-state index contributed by atoms with van der Waals surface area (Å²) in [7, 11) is 0. The summed E-state index contributed by atoms with van der Waals surface area (Å²) in [6.45, 7) is 0. The molecule has 0 saturated heterocycles. The van der Waals surface area contributed by atoms with E-state index in [1.54, 1.807) is 11.8 Å². The molecule has 1 aliphatic heterocycles. The van der Waals surface area contributed by atoms with Crippen LogP contribution in [0.25, 0.3) is 0 Å². The van der Waals surface area contributed by atoms with Crippen molar-refractivity contribution in [3.8, 4) is 0 Å². The lowest BCUT2D eigenvalue weighted by atomic mass is 10.0. The monoisotopic (exact) mass is 382 g/mol. The minimum Gasteiger partial charge on any atom is -0.292 e. The van der Waals surface area contributed by atoms with Gasteiger partial charge in [-0.05, 0) is 29.8 Å². The van der Waals surface area contributed by atoms with Crippen molar-refractivity contribution in [1.29, 1.82) is 0 Å². The fourth-order valence-corrected chi connectivity index (χ4v) is 4.21. The van der Waals surface area contributed by atoms with Crippen LogP contribution in [-0.4, -0.2) is 5.78 Å². The van der Waals surface area contributed by atoms with Crippen LogP contribution in [0.4, 0.5) is 0 Å². The van der Waals surface area contributed by atoms with E-state index in [9.17, 15) is 4.79 Å². The highest BCUT2D eigenvalue weighted by Crippen LogP contribution is 2.44. The molecule has 4 heteroatoms. The largest absolute Gasteiger partial charge is 0.292 e. The Morgan fingerprint density at radius 1 is 1.06 bits per heavy atom. The highest BCUT2D eigenvalue weighted by molar-refractivity contribution is 9.10. The number of Topliss-reactive ketones (excluding diaryl/α,β-unsaturated/α-hetero) is 1. The highest BCUT2D eigenvalue weighted by atomic mass is 79.9. The maximum atomic E-state index is 12.5. The van der Waals surface area contributed by atoms with Gasteiger partial charge in [0.2, 0.25) is 0 Å². The van der Waals surface area contributed by atoms with Crippen molar-refractivity contribution in [3.63, 3.8) is 0 Å². The first kappa shape index (κ1) is 12.5. The predicted octanol–water partition coefficient (Wildman–Crippen LogP) is 5.23. The van der Waals surface area contributed by atoms with Gasteiger partial charge >= 0.3 is 0 Å². The lowest BCUT2D eigenvalue weighted by molar-refractivity contribution is 0.0988. The molecule has 90 valence electrons. The Hall–Kier alpha value is -0.580. The molecule has 0 fully saturated rings. The van der Waals surface area contributed by atoms with Gasteiger partial charge in [0.1, 0.15) is 4.83 Å². The first-order valence-electron chi connectivity index (χ1n) is 5.41. The second-order valence-electron chi connectivity index (χ2n) is 4.01. The summed E-state index contributed by atoms with van der Waals surface area (Å²) in [5.74, 6) is 0.115. The summed E-state index contributed by atoms with van der Waals surface area (Å²) in [6.07, 6.45) is 0. The van der Waals surface area contributed by atoms with Crippen LogP contribution in [0.2, 0.25) is 0 Å². The van der Waals surface area contributed by atoms with Gasteiger partial charge in [-0.2, -0.15) is 0 Å². The quantitative estimate of drug-likeness (QED) is 0.579. The summed E-state index contributed by atoms with van der Waals surface area (Å²) in [6, 6.07) is 13.9. The van der Waals surface area contributed by atoms with E-state index in [4.69, 9.17) is 0 Å². The SMILES string of the molecule is O=C1c2cc(Br)ccc2Sc2ccccc2C1Br. The third-order valence-corrected chi connectivity index (χ3v) is 5.42. The second-order valence-corrected chi connectivity index (χ2v) is 6.92. The Labute approximate surface area is 126 Å². The molecular formula is C14H8Br2OS. The fourth-order valence-electron chi connectivity index (χ4n) is 1.96. The number of carbonyl (C=O) groups excluding carboxylic acids is 1. The topological polar surface area (TPSA) is 17.1 Å². The summed E-state index contributed by atoms with van der Waals surface area (Å²) < 4.78 is 0.931. The number of carbonyl (C=O) groups is 1. The van der Waals surface area contributed by atoms with Crippen LogP contribution < -0.4 is 0 Å². The van der Waals surface area contributed by atoms with E-state index in [-0.39, 0.29) is 10.6 Å². The van der Waals surface area contributed by atoms with Crippen molar-refractivity contribution >= 4 is 49.4 Å². The zero-order valence-corrected chi connectivity index (χ0v) is 13.2. The number of ketones is 1. The molecule has 1 atom stereocenters. The van der Waals surface area contributed by atoms with Crippen LogP contribution >= 0.6 is 43.6 Å². The molecule has 0 N–H and O–H groups in total. The van der Waals surface area contributed by atoms with Gasteiger partial charge in [-0.15, -0.1) is 0 Å². The summed E-state index contributed by atoms with van der Waals surface area (Å²) in [5.41, 5.74) is 1.81. The van der Waals surface area contributed by atoms with Crippen molar-refractivity contribution in [2.24, 2.45) is 0 Å². The van der Waals surface area contributed by atoms with Gasteiger partial charge in [0.25, 0.3) is 0 Å². The Morgan fingerprint density at radius 3 is 2.67 bits per heavy atom. The zero-order valence-electron chi connectivity index (χ0n) is 9.19. The van der Waals surface area contributed by atoms with E-state index in [2.05, 4.69) is 37.9 Å². The first-order valence-corrected chi connectivity index (χ1v) is 7.94. The molecule has 3 rings (SSSR count). The molecule has 18 heavy (non-hydrogen) atoms. The molecule has 1 aliphatic rings. The van der Waals surface area contributed by atoms with E-state index in [0.29, 0.717) is 0 Å². The second kappa shape index (κ2) is 4.83. The van der Waals surface area contributed by atoms with Gasteiger partial charge in [-0.25, -0.2) is 0 Å². The molecule has 0 aliphatic carbocycles. The average molecular weight is 384 g/mol. The number of benzene rings is 2. The molecule has 0 bridgehead atoms. The van der Waals surface area contributed by atoms with E-state index in [1.807, 2.05) is 36.4 Å². The van der Waals surface area contributed by atoms with Gasteiger partial charge in [-0.1, -0.05) is 61.8 Å². The summed E-state index contributed by atoms with van der Waals surface area (Å²) >= 11 is 8.59. The molecule has 2 aromatic carbocycles. The normalized spacial score (nSPS) is 17.9. The zero-order chi connectivity index (χ0) is 12.7. The van der Waals surface area contributed by atoms with Crippen molar-refractivity contribution in [3.05, 3.63) is 58.1 Å². The van der Waals surface area contributed by atoms with Crippen molar-refractivity contribution in [2.75, 3.05) is 0 Å². The number of hydrogen-bond donors (Lipinski definition) is 0. The van der Waals surface area contributed by atoms with Crippen molar-refractivity contribution in [2.45, 2.75) is 14.6 Å². The van der Waals surface area contributed by atoms with Gasteiger partial charge in [0, 0.05) is 19.8 Å². The highest BCUT2D eigenvalue weighted by Gasteiger charge is 2.27. The molecule has 1 nitrogen and oxygen atoms in total. The van der Waals surface area contributed by atoms with Crippen LogP contribution in [0.3, 0.4) is 0 Å². The van der Waals surface area contributed by atoms with E-state index in [1.165, 1.54) is 0 Å². The minimum atomic E-state index is -0.267. The maximum absolute atomic E-state index is 12.5. The average Bonchev–Trinajstić information content (AvgIpc) is 2.48. The standard InChI is InChI=1S/C14H8Br2OS/c15-8-5-6-12-10(7-8)14(17)13(16)9-3-1-2-4-11(9)18-12/h1-7,13H. The van der Waals surface area contributed by atoms with Crippen LogP contribution in [0.5, 0.6) is 0 Å². The molecule has 2 aromatic rings. The Bertz CT molecular complexity index is 639. The molecule has 0 amide bonds. The van der Waals surface area contributed by atoms with Crippen molar-refractivity contribution in [1.82, 2.24) is 0 Å². The smallest absolute Gasteiger partial charge is 0.182 e. The van der Waals surface area contributed by atoms with E-state index in [0.717, 1.165) is 25.4 Å². The van der Waals surface area contributed by atoms with Gasteiger partial charge in [0.05, 0.1) is 0 Å². The Morgan fingerprint density at radius 2 is 1.83 bits per heavy atom. The van der Waals surface area contributed by atoms with Crippen LogP contribution in [0, 0.1) is 0 Å². The van der Waals surface area contributed by atoms with Crippen molar-refractivity contribution < 1.29 is 4.79 Å². The number of hydrogen-bond acceptors (Lipinski definition) is 2. The third kappa shape index (κ3) is 2.06. The summed E-state index contributed by atoms with van der Waals surface area (Å²) in [4.78, 5) is 14.3. The molecule has 1 heterocycles. The number of fused-ring (bicyclic) bond motifs is 2. The van der Waals surface area contributed by atoms with E-state index < -0.39 is 0 Å². The molecule has 0 radical (unpaired) electrons. The Kier molecular flexibility index (Phi) is 3.34. The summed E-state index contributed by atoms with van der Waals surface area (Å²) in [5, 5.41) is 0. The Balaban J connectivity index is 2.23. The third-order valence-electron chi connectivity index (χ3n) is 2.85. The van der Waals surface area contributed by atoms with Crippen LogP contribution in [0.15, 0.2) is 56.7 Å². The molecule has 0 aromatic heterocycles. The molecule has 1 unspecified atom stereocenters. The predicted molar refractivity (Wildman–Crippen MR) is 80.7 cm³/mol. The fraction of sp³-hybridized carbons (Fsp3) is 0.0714. The molecule has 0 saturated carbocycles. The minimum absolute atomic E-state index is 0.115. The lowest BCUT2D eigenvalue weighted by Gasteiger charge is -2.08. The lowest BCUT2D eigenvalue weighted by Crippen LogP contribution is -2.06. The number of rotatable bonds is 0. The maximum Gasteiger partial charge on any atom is 0.182 e. The van der Waals surface area contributed by atoms with Gasteiger partial charge in [-0.3, -0.25) is 4.79 Å². The van der Waals surface area contributed by atoms with Gasteiger partial charge in [0.15, 0.2) is 5.78 Å². The van der Waals surface area contributed by atoms with E-state index >= 15 is 0 Å². The molecular weight excluding hydrogens is 376 g/mol. The first-order chi connectivity index (χ1) is 8.66. The number of halogens is 2. The van der Waals surface area contributed by atoms with Crippen LogP contribution in [0.1, 0.15) is 20.7 Å². The van der Waals surface area contributed by atoms with Gasteiger partial charge < -0.3 is 0 Å². The van der Waals surface area contributed by atoms with Crippen LogP contribution in [-0.2, 0) is 0 Å². The molecule has 0 spiro atoms.